The molecule has 1 amide bonds. The van der Waals surface area contributed by atoms with Gasteiger partial charge in [0.2, 0.25) is 0 Å². The summed E-state index contributed by atoms with van der Waals surface area (Å²) >= 11 is 0. The summed E-state index contributed by atoms with van der Waals surface area (Å²) in [6.45, 7) is 3.89. The van der Waals surface area contributed by atoms with E-state index in [2.05, 4.69) is 10.4 Å². The van der Waals surface area contributed by atoms with Crippen LogP contribution in [0.2, 0.25) is 0 Å². The molecule has 1 N–H and O–H groups in total. The number of carbonyl (C=O) groups is 2. The van der Waals surface area contributed by atoms with Gasteiger partial charge in [-0.05, 0) is 19.1 Å². The van der Waals surface area contributed by atoms with Crippen molar-refractivity contribution < 1.29 is 18.7 Å². The molecule has 0 aromatic carbocycles. The summed E-state index contributed by atoms with van der Waals surface area (Å²) < 4.78 is 11.7. The Labute approximate surface area is 121 Å². The molecular weight excluding hydrogens is 274 g/mol. The SMILES string of the molecule is CCOC(=O)c1cn(C)nc1NC(=O)c1ccc(CC)o1. The molecule has 0 saturated heterocycles. The van der Waals surface area contributed by atoms with Gasteiger partial charge in [-0.25, -0.2) is 4.79 Å². The smallest absolute Gasteiger partial charge is 0.343 e. The van der Waals surface area contributed by atoms with Crippen molar-refractivity contribution in [2.45, 2.75) is 20.3 Å². The number of ether oxygens (including phenoxy) is 1. The van der Waals surface area contributed by atoms with Gasteiger partial charge in [0.05, 0.1) is 6.61 Å². The van der Waals surface area contributed by atoms with Crippen molar-refractivity contribution in [3.8, 4) is 0 Å². The number of furan rings is 1. The zero-order valence-electron chi connectivity index (χ0n) is 12.2. The molecule has 7 heteroatoms. The Morgan fingerprint density at radius 1 is 1.38 bits per heavy atom. The van der Waals surface area contributed by atoms with Gasteiger partial charge < -0.3 is 14.5 Å². The van der Waals surface area contributed by atoms with E-state index in [0.717, 1.165) is 0 Å². The molecule has 0 radical (unpaired) electrons. The molecule has 0 bridgehead atoms. The van der Waals surface area contributed by atoms with Gasteiger partial charge in [0, 0.05) is 19.7 Å². The molecule has 7 nitrogen and oxygen atoms in total. The highest BCUT2D eigenvalue weighted by Crippen LogP contribution is 2.16. The highest BCUT2D eigenvalue weighted by molar-refractivity contribution is 6.05. The van der Waals surface area contributed by atoms with Crippen molar-refractivity contribution in [1.29, 1.82) is 0 Å². The Kier molecular flexibility index (Phi) is 4.42. The fraction of sp³-hybridized carbons (Fsp3) is 0.357. The average molecular weight is 291 g/mol. The number of amides is 1. The van der Waals surface area contributed by atoms with Crippen LogP contribution in [0.15, 0.2) is 22.7 Å². The van der Waals surface area contributed by atoms with Crippen molar-refractivity contribution in [3.63, 3.8) is 0 Å². The molecule has 0 aliphatic carbocycles. The monoisotopic (exact) mass is 291 g/mol. The van der Waals surface area contributed by atoms with E-state index in [1.165, 1.54) is 10.9 Å². The summed E-state index contributed by atoms with van der Waals surface area (Å²) in [7, 11) is 1.65. The Morgan fingerprint density at radius 2 is 2.14 bits per heavy atom. The fourth-order valence-electron chi connectivity index (χ4n) is 1.80. The average Bonchev–Trinajstić information content (AvgIpc) is 3.05. The zero-order valence-corrected chi connectivity index (χ0v) is 12.2. The van der Waals surface area contributed by atoms with Crippen LogP contribution in [-0.4, -0.2) is 28.3 Å². The van der Waals surface area contributed by atoms with Crippen LogP contribution in [0.25, 0.3) is 0 Å². The Bertz CT molecular complexity index is 657. The summed E-state index contributed by atoms with van der Waals surface area (Å²) in [4.78, 5) is 23.9. The lowest BCUT2D eigenvalue weighted by molar-refractivity contribution is 0.0527. The second kappa shape index (κ2) is 6.25. The predicted molar refractivity (Wildman–Crippen MR) is 75.2 cm³/mol. The summed E-state index contributed by atoms with van der Waals surface area (Å²) in [6, 6.07) is 3.32. The van der Waals surface area contributed by atoms with Crippen LogP contribution >= 0.6 is 0 Å². The quantitative estimate of drug-likeness (QED) is 0.851. The number of esters is 1. The first-order valence-corrected chi connectivity index (χ1v) is 6.66. The van der Waals surface area contributed by atoms with E-state index in [9.17, 15) is 9.59 Å². The number of hydrogen-bond acceptors (Lipinski definition) is 5. The zero-order chi connectivity index (χ0) is 15.4. The molecule has 2 rings (SSSR count). The second-order valence-corrected chi connectivity index (χ2v) is 4.36. The van der Waals surface area contributed by atoms with E-state index >= 15 is 0 Å². The first kappa shape index (κ1) is 14.8. The van der Waals surface area contributed by atoms with Crippen molar-refractivity contribution in [2.75, 3.05) is 11.9 Å². The van der Waals surface area contributed by atoms with Gasteiger partial charge in [-0.1, -0.05) is 6.92 Å². The van der Waals surface area contributed by atoms with E-state index in [0.29, 0.717) is 12.2 Å². The van der Waals surface area contributed by atoms with E-state index in [-0.39, 0.29) is 23.7 Å². The van der Waals surface area contributed by atoms with E-state index in [1.807, 2.05) is 6.92 Å². The third-order valence-corrected chi connectivity index (χ3v) is 2.79. The highest BCUT2D eigenvalue weighted by Gasteiger charge is 2.20. The maximum Gasteiger partial charge on any atom is 0.343 e. The van der Waals surface area contributed by atoms with Crippen molar-refractivity contribution in [3.05, 3.63) is 35.4 Å². The minimum atomic E-state index is -0.533. The third-order valence-electron chi connectivity index (χ3n) is 2.79. The molecular formula is C14H17N3O4. The number of anilines is 1. The third kappa shape index (κ3) is 3.31. The van der Waals surface area contributed by atoms with Crippen LogP contribution < -0.4 is 5.32 Å². The van der Waals surface area contributed by atoms with E-state index in [1.54, 1.807) is 26.1 Å². The molecule has 0 aliphatic rings. The lowest BCUT2D eigenvalue weighted by Crippen LogP contribution is -2.15. The summed E-state index contributed by atoms with van der Waals surface area (Å²) in [5.41, 5.74) is 0.204. The normalized spacial score (nSPS) is 10.4. The summed E-state index contributed by atoms with van der Waals surface area (Å²) in [5.74, 6) is 0.0445. The molecule has 2 heterocycles. The van der Waals surface area contributed by atoms with Crippen molar-refractivity contribution in [1.82, 2.24) is 9.78 Å². The standard InChI is InChI=1S/C14H17N3O4/c1-4-9-6-7-11(21-9)13(18)15-12-10(8-17(3)16-12)14(19)20-5-2/h6-8H,4-5H2,1-3H3,(H,15,16,18). The van der Waals surface area contributed by atoms with Gasteiger partial charge in [-0.3, -0.25) is 9.48 Å². The molecule has 21 heavy (non-hydrogen) atoms. The van der Waals surface area contributed by atoms with Crippen molar-refractivity contribution in [2.24, 2.45) is 7.05 Å². The van der Waals surface area contributed by atoms with Gasteiger partial charge in [0.1, 0.15) is 11.3 Å². The van der Waals surface area contributed by atoms with Crippen LogP contribution in [-0.2, 0) is 18.2 Å². The lowest BCUT2D eigenvalue weighted by Gasteiger charge is -2.03. The maximum atomic E-state index is 12.1. The molecule has 0 atom stereocenters. The largest absolute Gasteiger partial charge is 0.462 e. The predicted octanol–water partition coefficient (Wildman–Crippen LogP) is 2.00. The Hall–Kier alpha value is -2.57. The van der Waals surface area contributed by atoms with Crippen LogP contribution in [0.4, 0.5) is 5.82 Å². The van der Waals surface area contributed by atoms with Crippen LogP contribution in [0, 0.1) is 0 Å². The first-order chi connectivity index (χ1) is 10.0. The summed E-state index contributed by atoms with van der Waals surface area (Å²) in [6.07, 6.45) is 2.19. The Morgan fingerprint density at radius 3 is 2.76 bits per heavy atom. The first-order valence-electron chi connectivity index (χ1n) is 6.66. The van der Waals surface area contributed by atoms with Crippen LogP contribution in [0.3, 0.4) is 0 Å². The van der Waals surface area contributed by atoms with Crippen LogP contribution in [0.5, 0.6) is 0 Å². The second-order valence-electron chi connectivity index (χ2n) is 4.36. The van der Waals surface area contributed by atoms with Gasteiger partial charge in [0.15, 0.2) is 11.6 Å². The maximum absolute atomic E-state index is 12.1. The lowest BCUT2D eigenvalue weighted by atomic mass is 10.3. The number of carbonyl (C=O) groups excluding carboxylic acids is 2. The number of rotatable bonds is 5. The minimum absolute atomic E-state index is 0.149. The number of nitrogens with one attached hydrogen (secondary N) is 1. The van der Waals surface area contributed by atoms with Gasteiger partial charge in [0.25, 0.3) is 5.91 Å². The van der Waals surface area contributed by atoms with Gasteiger partial charge in [-0.15, -0.1) is 0 Å². The number of nitrogens with zero attached hydrogens (tertiary/aromatic N) is 2. The van der Waals surface area contributed by atoms with Crippen molar-refractivity contribution >= 4 is 17.7 Å². The number of aromatic nitrogens is 2. The van der Waals surface area contributed by atoms with E-state index < -0.39 is 11.9 Å². The molecule has 0 aliphatic heterocycles. The molecule has 0 unspecified atom stereocenters. The topological polar surface area (TPSA) is 86.4 Å². The van der Waals surface area contributed by atoms with Gasteiger partial charge in [-0.2, -0.15) is 5.10 Å². The number of aryl methyl sites for hydroxylation is 2. The molecule has 2 aromatic heterocycles. The van der Waals surface area contributed by atoms with Crippen LogP contribution in [0.1, 0.15) is 40.5 Å². The fourth-order valence-corrected chi connectivity index (χ4v) is 1.80. The highest BCUT2D eigenvalue weighted by atomic mass is 16.5. The summed E-state index contributed by atoms with van der Waals surface area (Å²) in [5, 5.41) is 6.61. The molecule has 0 spiro atoms. The molecule has 112 valence electrons. The van der Waals surface area contributed by atoms with E-state index in [4.69, 9.17) is 9.15 Å². The number of hydrogen-bond donors (Lipinski definition) is 1. The minimum Gasteiger partial charge on any atom is -0.462 e. The molecule has 0 fully saturated rings. The Balaban J connectivity index is 2.19. The molecule has 0 saturated carbocycles. The van der Waals surface area contributed by atoms with Gasteiger partial charge >= 0.3 is 5.97 Å². The molecule has 2 aromatic rings.